The van der Waals surface area contributed by atoms with Gasteiger partial charge in [-0.1, -0.05) is 73.9 Å². The predicted molar refractivity (Wildman–Crippen MR) is 139 cm³/mol. The summed E-state index contributed by atoms with van der Waals surface area (Å²) in [5.74, 6) is 1.43. The second kappa shape index (κ2) is 9.03. The van der Waals surface area contributed by atoms with Gasteiger partial charge in [-0.2, -0.15) is 0 Å². The van der Waals surface area contributed by atoms with Crippen molar-refractivity contribution in [1.82, 2.24) is 29.9 Å². The highest BCUT2D eigenvalue weighted by atomic mass is 28.3. The van der Waals surface area contributed by atoms with Crippen molar-refractivity contribution < 1.29 is 0 Å². The van der Waals surface area contributed by atoms with Crippen LogP contribution in [0.3, 0.4) is 0 Å². The first kappa shape index (κ1) is 23.1. The third-order valence-electron chi connectivity index (χ3n) is 5.63. The zero-order valence-corrected chi connectivity index (χ0v) is 22.2. The molecule has 0 aliphatic rings. The molecule has 0 aliphatic heterocycles. The second-order valence-corrected chi connectivity index (χ2v) is 20.6. The summed E-state index contributed by atoms with van der Waals surface area (Å²) in [5.41, 5.74) is 4.62. The average Bonchev–Trinajstić information content (AvgIpc) is 2.79. The third-order valence-corrected chi connectivity index (χ3v) is 9.67. The lowest BCUT2D eigenvalue weighted by Crippen LogP contribution is -2.38. The van der Waals surface area contributed by atoms with E-state index in [1.54, 1.807) is 25.3 Å². The molecule has 0 aliphatic carbocycles. The van der Waals surface area contributed by atoms with Crippen molar-refractivity contribution in [2.75, 3.05) is 0 Å². The van der Waals surface area contributed by atoms with Crippen LogP contribution in [-0.4, -0.2) is 46.1 Å². The Balaban J connectivity index is 1.81. The number of nitrogens with zero attached hydrogens (tertiary/aromatic N) is 6. The van der Waals surface area contributed by atoms with Crippen molar-refractivity contribution in [3.05, 3.63) is 72.8 Å². The fourth-order valence-corrected chi connectivity index (χ4v) is 6.14. The van der Waals surface area contributed by atoms with E-state index in [-0.39, 0.29) is 0 Å². The standard InChI is InChI=1S/C25H30N6Si2/c1-32(2,3)22-10-18(8-20(12-22)24-28-14-26-15-29-24)7-19-9-21(25-30-16-27-17-31-25)13-23(11-19)33(4,5)6/h8-17H,7H2,1-6H3. The molecule has 0 saturated heterocycles. The van der Waals surface area contributed by atoms with Gasteiger partial charge in [0.05, 0.1) is 16.1 Å². The molecular weight excluding hydrogens is 440 g/mol. The van der Waals surface area contributed by atoms with E-state index in [2.05, 4.69) is 106 Å². The maximum atomic E-state index is 4.40. The Hall–Kier alpha value is -3.11. The van der Waals surface area contributed by atoms with Crippen LogP contribution in [0.15, 0.2) is 61.7 Å². The summed E-state index contributed by atoms with van der Waals surface area (Å²) in [7, 11) is -3.08. The van der Waals surface area contributed by atoms with Crippen molar-refractivity contribution in [3.8, 4) is 22.8 Å². The van der Waals surface area contributed by atoms with E-state index < -0.39 is 16.1 Å². The van der Waals surface area contributed by atoms with Gasteiger partial charge < -0.3 is 0 Å². The Morgan fingerprint density at radius 1 is 0.515 bits per heavy atom. The molecule has 0 unspecified atom stereocenters. The highest BCUT2D eigenvalue weighted by Gasteiger charge is 2.21. The Morgan fingerprint density at radius 2 is 0.879 bits per heavy atom. The van der Waals surface area contributed by atoms with Gasteiger partial charge in [-0.3, -0.25) is 0 Å². The molecule has 33 heavy (non-hydrogen) atoms. The zero-order valence-electron chi connectivity index (χ0n) is 20.2. The number of hydrogen-bond donors (Lipinski definition) is 0. The van der Waals surface area contributed by atoms with Gasteiger partial charge in [-0.05, 0) is 29.7 Å². The van der Waals surface area contributed by atoms with Crippen LogP contribution in [0.4, 0.5) is 0 Å². The van der Waals surface area contributed by atoms with Crippen molar-refractivity contribution in [2.24, 2.45) is 0 Å². The summed E-state index contributed by atoms with van der Waals surface area (Å²) in [4.78, 5) is 25.5. The highest BCUT2D eigenvalue weighted by Crippen LogP contribution is 2.22. The van der Waals surface area contributed by atoms with Crippen LogP contribution in [0.1, 0.15) is 11.1 Å². The van der Waals surface area contributed by atoms with Crippen molar-refractivity contribution >= 4 is 26.5 Å². The minimum atomic E-state index is -1.54. The average molecular weight is 471 g/mol. The van der Waals surface area contributed by atoms with E-state index in [1.165, 1.54) is 21.5 Å². The molecule has 0 fully saturated rings. The minimum Gasteiger partial charge on any atom is -0.225 e. The normalized spacial score (nSPS) is 12.1. The largest absolute Gasteiger partial charge is 0.225 e. The number of aromatic nitrogens is 6. The molecular formula is C25H30N6Si2. The quantitative estimate of drug-likeness (QED) is 0.395. The molecule has 0 spiro atoms. The maximum Gasteiger partial charge on any atom is 0.162 e. The smallest absolute Gasteiger partial charge is 0.162 e. The van der Waals surface area contributed by atoms with Crippen LogP contribution in [0.2, 0.25) is 39.3 Å². The molecule has 0 amide bonds. The Bertz CT molecular complexity index is 1150. The topological polar surface area (TPSA) is 77.3 Å². The maximum absolute atomic E-state index is 4.40. The monoisotopic (exact) mass is 470 g/mol. The van der Waals surface area contributed by atoms with Crippen molar-refractivity contribution in [1.29, 1.82) is 0 Å². The van der Waals surface area contributed by atoms with Gasteiger partial charge in [-0.15, -0.1) is 0 Å². The zero-order chi connectivity index (χ0) is 23.6. The van der Waals surface area contributed by atoms with E-state index in [1.807, 2.05) is 0 Å². The van der Waals surface area contributed by atoms with Crippen molar-refractivity contribution in [3.63, 3.8) is 0 Å². The van der Waals surface area contributed by atoms with Gasteiger partial charge in [0.1, 0.15) is 25.3 Å². The van der Waals surface area contributed by atoms with Crippen LogP contribution in [0.5, 0.6) is 0 Å². The van der Waals surface area contributed by atoms with Crippen LogP contribution < -0.4 is 10.4 Å². The molecule has 0 radical (unpaired) electrons. The second-order valence-electron chi connectivity index (χ2n) is 10.4. The van der Waals surface area contributed by atoms with Gasteiger partial charge in [0, 0.05) is 11.1 Å². The lowest BCUT2D eigenvalue weighted by molar-refractivity contribution is 1.05. The van der Waals surface area contributed by atoms with Gasteiger partial charge in [0.25, 0.3) is 0 Å². The summed E-state index contributed by atoms with van der Waals surface area (Å²) in [6, 6.07) is 13.6. The fraction of sp³-hybridized carbons (Fsp3) is 0.280. The first-order valence-electron chi connectivity index (χ1n) is 11.1. The molecule has 0 N–H and O–H groups in total. The Morgan fingerprint density at radius 3 is 1.21 bits per heavy atom. The fourth-order valence-electron chi connectivity index (χ4n) is 3.72. The Kier molecular flexibility index (Phi) is 6.31. The van der Waals surface area contributed by atoms with E-state index in [9.17, 15) is 0 Å². The third kappa shape index (κ3) is 5.64. The van der Waals surface area contributed by atoms with Crippen LogP contribution in [0, 0.1) is 0 Å². The molecule has 6 nitrogen and oxygen atoms in total. The van der Waals surface area contributed by atoms with E-state index in [0.29, 0.717) is 11.6 Å². The first-order valence-corrected chi connectivity index (χ1v) is 18.1. The molecule has 0 bridgehead atoms. The van der Waals surface area contributed by atoms with Gasteiger partial charge in [-0.25, -0.2) is 29.9 Å². The summed E-state index contributed by atoms with van der Waals surface area (Å²) in [6.07, 6.45) is 7.05. The van der Waals surface area contributed by atoms with Crippen molar-refractivity contribution in [2.45, 2.75) is 45.7 Å². The predicted octanol–water partition coefficient (Wildman–Crippen LogP) is 4.07. The molecule has 4 aromatic rings. The summed E-state index contributed by atoms with van der Waals surface area (Å²) in [6.45, 7) is 14.2. The summed E-state index contributed by atoms with van der Waals surface area (Å²) < 4.78 is 0. The molecule has 2 heterocycles. The van der Waals surface area contributed by atoms with E-state index in [4.69, 9.17) is 0 Å². The number of benzene rings is 2. The molecule has 168 valence electrons. The molecule has 8 heteroatoms. The van der Waals surface area contributed by atoms with E-state index in [0.717, 1.165) is 17.5 Å². The van der Waals surface area contributed by atoms with Crippen LogP contribution >= 0.6 is 0 Å². The lowest BCUT2D eigenvalue weighted by atomic mass is 10.0. The van der Waals surface area contributed by atoms with Gasteiger partial charge in [0.2, 0.25) is 0 Å². The molecule has 2 aromatic carbocycles. The molecule has 4 rings (SSSR count). The van der Waals surface area contributed by atoms with Gasteiger partial charge >= 0.3 is 0 Å². The lowest BCUT2D eigenvalue weighted by Gasteiger charge is -2.21. The van der Waals surface area contributed by atoms with Crippen LogP contribution in [-0.2, 0) is 6.42 Å². The summed E-state index contributed by atoms with van der Waals surface area (Å²) in [5, 5.41) is 2.80. The summed E-state index contributed by atoms with van der Waals surface area (Å²) >= 11 is 0. The highest BCUT2D eigenvalue weighted by molar-refractivity contribution is 6.89. The van der Waals surface area contributed by atoms with E-state index >= 15 is 0 Å². The van der Waals surface area contributed by atoms with Gasteiger partial charge in [0.15, 0.2) is 11.6 Å². The molecule has 2 aromatic heterocycles. The number of hydrogen-bond acceptors (Lipinski definition) is 6. The van der Waals surface area contributed by atoms with Crippen LogP contribution in [0.25, 0.3) is 22.8 Å². The Labute approximate surface area is 197 Å². The SMILES string of the molecule is C[Si](C)(C)c1cc(Cc2cc(-c3ncncn3)cc([Si](C)(C)C)c2)cc(-c2ncncn2)c1. The molecule has 0 atom stereocenters. The first-order chi connectivity index (χ1) is 15.6. The number of rotatable bonds is 6. The minimum absolute atomic E-state index is 0.716. The molecule has 0 saturated carbocycles.